The topological polar surface area (TPSA) is 66.9 Å². The second-order valence-electron chi connectivity index (χ2n) is 8.80. The Morgan fingerprint density at radius 1 is 1.11 bits per heavy atom. The Morgan fingerprint density at radius 2 is 1.86 bits per heavy atom. The van der Waals surface area contributed by atoms with Crippen LogP contribution in [0.1, 0.15) is 23.6 Å². The molecular weight excluding hydrogens is 528 g/mol. The molecule has 1 aliphatic rings. The van der Waals surface area contributed by atoms with E-state index in [-0.39, 0.29) is 29.9 Å². The summed E-state index contributed by atoms with van der Waals surface area (Å²) in [6.45, 7) is 3.75. The highest BCUT2D eigenvalue weighted by atomic mass is 79.9. The number of ether oxygens (including phenoxy) is 1. The maximum atomic E-state index is 13.7. The van der Waals surface area contributed by atoms with Crippen molar-refractivity contribution < 1.29 is 17.9 Å². The van der Waals surface area contributed by atoms with E-state index in [1.807, 2.05) is 55.5 Å². The molecule has 8 heteroatoms. The fourth-order valence-electron chi connectivity index (χ4n) is 4.55. The molecule has 0 radical (unpaired) electrons. The number of amides is 1. The van der Waals surface area contributed by atoms with E-state index in [1.165, 1.54) is 10.4 Å². The van der Waals surface area contributed by atoms with E-state index >= 15 is 0 Å². The number of carbonyl (C=O) groups is 1. The minimum absolute atomic E-state index is 0.0475. The van der Waals surface area contributed by atoms with Gasteiger partial charge in [-0.1, -0.05) is 46.3 Å². The van der Waals surface area contributed by atoms with E-state index in [1.54, 1.807) is 31.1 Å². The maximum Gasteiger partial charge on any atom is 0.243 e. The lowest BCUT2D eigenvalue weighted by molar-refractivity contribution is -0.119. The van der Waals surface area contributed by atoms with E-state index in [2.05, 4.69) is 15.9 Å². The number of rotatable bonds is 8. The van der Waals surface area contributed by atoms with Gasteiger partial charge in [0.2, 0.25) is 15.9 Å². The molecule has 0 fully saturated rings. The predicted molar refractivity (Wildman–Crippen MR) is 141 cm³/mol. The van der Waals surface area contributed by atoms with Gasteiger partial charge in [-0.2, -0.15) is 4.31 Å². The van der Waals surface area contributed by atoms with Crippen molar-refractivity contribution in [1.29, 1.82) is 0 Å². The molecule has 0 spiro atoms. The number of aryl methyl sites for hydroxylation is 1. The van der Waals surface area contributed by atoms with E-state index in [9.17, 15) is 13.2 Å². The zero-order valence-electron chi connectivity index (χ0n) is 20.1. The van der Waals surface area contributed by atoms with Crippen LogP contribution >= 0.6 is 15.9 Å². The SMILES string of the molecule is COc1ccc(S(=O)(=O)N(CCc2ccccc2)CC(=O)N2c3ccc(Br)cc3C[C@@H]2C)cc1C. The molecule has 0 saturated carbocycles. The van der Waals surface area contributed by atoms with Crippen LogP contribution in [0.5, 0.6) is 5.75 Å². The number of nitrogens with zero attached hydrogens (tertiary/aromatic N) is 2. The average molecular weight is 558 g/mol. The smallest absolute Gasteiger partial charge is 0.243 e. The van der Waals surface area contributed by atoms with Crippen molar-refractivity contribution in [2.24, 2.45) is 0 Å². The van der Waals surface area contributed by atoms with Crippen molar-refractivity contribution in [1.82, 2.24) is 4.31 Å². The first kappa shape index (κ1) is 25.4. The van der Waals surface area contributed by atoms with Crippen molar-refractivity contribution >= 4 is 37.5 Å². The Bertz CT molecular complexity index is 1330. The Kier molecular flexibility index (Phi) is 7.64. The normalized spacial score (nSPS) is 15.3. The van der Waals surface area contributed by atoms with Crippen LogP contribution < -0.4 is 9.64 Å². The first-order valence-corrected chi connectivity index (χ1v) is 13.7. The minimum Gasteiger partial charge on any atom is -0.496 e. The molecule has 0 unspecified atom stereocenters. The summed E-state index contributed by atoms with van der Waals surface area (Å²) in [5.74, 6) is 0.380. The third kappa shape index (κ3) is 5.44. The van der Waals surface area contributed by atoms with Crippen molar-refractivity contribution in [3.05, 3.63) is 87.9 Å². The third-order valence-corrected chi connectivity index (χ3v) is 8.67. The van der Waals surface area contributed by atoms with Gasteiger partial charge in [-0.05, 0) is 79.8 Å². The number of anilines is 1. The Labute approximate surface area is 215 Å². The average Bonchev–Trinajstić information content (AvgIpc) is 3.16. The largest absolute Gasteiger partial charge is 0.496 e. The maximum absolute atomic E-state index is 13.7. The molecule has 184 valence electrons. The number of sulfonamides is 1. The molecular formula is C27H29BrN2O4S. The van der Waals surface area contributed by atoms with Crippen molar-refractivity contribution in [2.75, 3.05) is 25.1 Å². The van der Waals surface area contributed by atoms with E-state index < -0.39 is 10.0 Å². The zero-order valence-corrected chi connectivity index (χ0v) is 22.5. The van der Waals surface area contributed by atoms with Crippen molar-refractivity contribution in [2.45, 2.75) is 37.6 Å². The quantitative estimate of drug-likeness (QED) is 0.392. The summed E-state index contributed by atoms with van der Waals surface area (Å²) in [6, 6.07) is 20.3. The van der Waals surface area contributed by atoms with Gasteiger partial charge in [0, 0.05) is 22.7 Å². The first-order chi connectivity index (χ1) is 16.7. The Hall–Kier alpha value is -2.68. The molecule has 0 aromatic heterocycles. The first-order valence-electron chi connectivity index (χ1n) is 11.5. The van der Waals surface area contributed by atoms with Gasteiger partial charge in [-0.15, -0.1) is 0 Å². The number of hydrogen-bond donors (Lipinski definition) is 0. The summed E-state index contributed by atoms with van der Waals surface area (Å²) >= 11 is 3.49. The summed E-state index contributed by atoms with van der Waals surface area (Å²) in [5, 5.41) is 0. The Morgan fingerprint density at radius 3 is 2.54 bits per heavy atom. The van der Waals surface area contributed by atoms with Crippen LogP contribution in [0, 0.1) is 6.92 Å². The highest BCUT2D eigenvalue weighted by Crippen LogP contribution is 2.34. The number of hydrogen-bond acceptors (Lipinski definition) is 4. The van der Waals surface area contributed by atoms with Crippen molar-refractivity contribution in [3.8, 4) is 5.75 Å². The fourth-order valence-corrected chi connectivity index (χ4v) is 6.43. The zero-order chi connectivity index (χ0) is 25.2. The summed E-state index contributed by atoms with van der Waals surface area (Å²) < 4.78 is 35.0. The van der Waals surface area contributed by atoms with Gasteiger partial charge in [0.15, 0.2) is 0 Å². The second-order valence-corrected chi connectivity index (χ2v) is 11.6. The van der Waals surface area contributed by atoms with Crippen LogP contribution in [-0.4, -0.2) is 44.9 Å². The van der Waals surface area contributed by atoms with Gasteiger partial charge in [0.25, 0.3) is 0 Å². The lowest BCUT2D eigenvalue weighted by Crippen LogP contribution is -2.45. The van der Waals surface area contributed by atoms with Crippen LogP contribution in [-0.2, 0) is 27.7 Å². The number of halogens is 1. The monoisotopic (exact) mass is 556 g/mol. The van der Waals surface area contributed by atoms with Gasteiger partial charge >= 0.3 is 0 Å². The molecule has 3 aromatic rings. The lowest BCUT2D eigenvalue weighted by Gasteiger charge is -2.28. The number of benzene rings is 3. The molecule has 1 aliphatic heterocycles. The molecule has 3 aromatic carbocycles. The predicted octanol–water partition coefficient (Wildman–Crippen LogP) is 4.98. The minimum atomic E-state index is -3.92. The molecule has 1 heterocycles. The van der Waals surface area contributed by atoms with E-state index in [0.717, 1.165) is 33.3 Å². The van der Waals surface area contributed by atoms with Crippen LogP contribution in [0.15, 0.2) is 76.1 Å². The molecule has 0 N–H and O–H groups in total. The van der Waals surface area contributed by atoms with Crippen LogP contribution in [0.2, 0.25) is 0 Å². The molecule has 1 amide bonds. The summed E-state index contributed by atoms with van der Waals surface area (Å²) in [7, 11) is -2.37. The van der Waals surface area contributed by atoms with Crippen molar-refractivity contribution in [3.63, 3.8) is 0 Å². The van der Waals surface area contributed by atoms with Gasteiger partial charge in [0.1, 0.15) is 5.75 Å². The van der Waals surface area contributed by atoms with Gasteiger partial charge < -0.3 is 9.64 Å². The van der Waals surface area contributed by atoms with Crippen LogP contribution in [0.3, 0.4) is 0 Å². The highest BCUT2D eigenvalue weighted by Gasteiger charge is 2.34. The number of methoxy groups -OCH3 is 1. The van der Waals surface area contributed by atoms with Gasteiger partial charge in [0.05, 0.1) is 18.6 Å². The number of carbonyl (C=O) groups excluding carboxylic acids is 1. The Balaban J connectivity index is 1.64. The highest BCUT2D eigenvalue weighted by molar-refractivity contribution is 9.10. The third-order valence-electron chi connectivity index (χ3n) is 6.33. The summed E-state index contributed by atoms with van der Waals surface area (Å²) in [6.07, 6.45) is 1.23. The molecule has 0 bridgehead atoms. The van der Waals surface area contributed by atoms with E-state index in [4.69, 9.17) is 4.74 Å². The van der Waals surface area contributed by atoms with Gasteiger partial charge in [-0.3, -0.25) is 4.79 Å². The van der Waals surface area contributed by atoms with Gasteiger partial charge in [-0.25, -0.2) is 8.42 Å². The molecule has 0 saturated heterocycles. The fraction of sp³-hybridized carbons (Fsp3) is 0.296. The van der Waals surface area contributed by atoms with E-state index in [0.29, 0.717) is 12.2 Å². The standard InChI is InChI=1S/C27H29BrN2O4S/c1-19-15-24(10-12-26(19)34-3)35(32,33)29(14-13-21-7-5-4-6-8-21)18-27(31)30-20(2)16-22-17-23(28)9-11-25(22)30/h4-12,15,17,20H,13-14,16,18H2,1-3H3/t20-/m0/s1. The lowest BCUT2D eigenvalue weighted by atomic mass is 10.1. The molecule has 1 atom stereocenters. The van der Waals surface area contributed by atoms with Crippen LogP contribution in [0.25, 0.3) is 0 Å². The summed E-state index contributed by atoms with van der Waals surface area (Å²) in [5.41, 5.74) is 3.64. The second kappa shape index (κ2) is 10.5. The summed E-state index contributed by atoms with van der Waals surface area (Å²) in [4.78, 5) is 15.4. The molecule has 0 aliphatic carbocycles. The molecule has 35 heavy (non-hydrogen) atoms. The van der Waals surface area contributed by atoms with Crippen LogP contribution in [0.4, 0.5) is 5.69 Å². The molecule has 4 rings (SSSR count). The molecule has 6 nitrogen and oxygen atoms in total. The number of fused-ring (bicyclic) bond motifs is 1.